The predicted octanol–water partition coefficient (Wildman–Crippen LogP) is 3.01. The zero-order chi connectivity index (χ0) is 39.1. The summed E-state index contributed by atoms with van der Waals surface area (Å²) >= 11 is 0. The molecule has 1 N–H and O–H groups in total. The highest BCUT2D eigenvalue weighted by molar-refractivity contribution is 7.90. The van der Waals surface area contributed by atoms with Gasteiger partial charge >= 0.3 is 0 Å². The minimum Gasteiger partial charge on any atom is -0.471 e. The van der Waals surface area contributed by atoms with Crippen LogP contribution in [0.2, 0.25) is 0 Å². The van der Waals surface area contributed by atoms with E-state index in [1.54, 1.807) is 31.2 Å². The van der Waals surface area contributed by atoms with Gasteiger partial charge in [0.15, 0.2) is 5.78 Å². The van der Waals surface area contributed by atoms with Crippen molar-refractivity contribution in [1.82, 2.24) is 24.3 Å². The summed E-state index contributed by atoms with van der Waals surface area (Å²) in [6.45, 7) is 5.96. The average Bonchev–Trinajstić information content (AvgIpc) is 4.06. The fourth-order valence-corrected chi connectivity index (χ4v) is 9.57. The maximum atomic E-state index is 14.8. The monoisotopic (exact) mass is 765 g/mol. The number of hydrogen-bond donors (Lipinski definition) is 1. The Morgan fingerprint density at radius 1 is 1.04 bits per heavy atom. The summed E-state index contributed by atoms with van der Waals surface area (Å²) in [5.74, 6) is -4.34. The van der Waals surface area contributed by atoms with Crippen molar-refractivity contribution in [1.29, 1.82) is 0 Å². The number of aromatic nitrogens is 2. The van der Waals surface area contributed by atoms with Crippen LogP contribution in [0.3, 0.4) is 0 Å². The molecule has 292 valence electrons. The third-order valence-electron chi connectivity index (χ3n) is 11.6. The van der Waals surface area contributed by atoms with Gasteiger partial charge in [-0.2, -0.15) is 0 Å². The summed E-state index contributed by atoms with van der Waals surface area (Å²) in [5, 5.41) is 4.72. The number of fused-ring (bicyclic) bond motifs is 3. The summed E-state index contributed by atoms with van der Waals surface area (Å²) < 4.78 is 35.8. The summed E-state index contributed by atoms with van der Waals surface area (Å²) in [6, 6.07) is 5.82. The number of Topliss-reactive ketones (excluding diaryl/α,β-unsaturated/α-hetero) is 2. The normalized spacial score (nSPS) is 29.7. The third-order valence-corrected chi connectivity index (χ3v) is 13.4. The lowest BCUT2D eigenvalue weighted by Gasteiger charge is -2.32. The molecule has 54 heavy (non-hydrogen) atoms. The Labute approximate surface area is 315 Å². The number of sulfonamides is 1. The van der Waals surface area contributed by atoms with Crippen molar-refractivity contribution in [2.24, 2.45) is 29.1 Å². The van der Waals surface area contributed by atoms with E-state index in [0.717, 1.165) is 6.42 Å². The zero-order valence-corrected chi connectivity index (χ0v) is 32.5. The third kappa shape index (κ3) is 8.01. The van der Waals surface area contributed by atoms with Gasteiger partial charge in [0.05, 0.1) is 34.0 Å². The van der Waals surface area contributed by atoms with Gasteiger partial charge in [-0.3, -0.25) is 33.5 Å². The van der Waals surface area contributed by atoms with Gasteiger partial charge in [0.1, 0.15) is 6.10 Å². The second kappa shape index (κ2) is 15.4. The molecule has 0 bridgehead atoms. The number of carbonyl (C=O) groups is 5. The van der Waals surface area contributed by atoms with Crippen molar-refractivity contribution in [2.45, 2.75) is 102 Å². The van der Waals surface area contributed by atoms with Crippen LogP contribution in [-0.4, -0.2) is 95.3 Å². The van der Waals surface area contributed by atoms with Crippen molar-refractivity contribution in [3.05, 3.63) is 46.8 Å². The number of nitrogens with zero attached hydrogens (tertiary/aromatic N) is 4. The average molecular weight is 766 g/mol. The van der Waals surface area contributed by atoms with Crippen LogP contribution in [-0.2, 0) is 40.5 Å². The molecule has 7 atom stereocenters. The molecule has 14 nitrogen and oxygen atoms in total. The van der Waals surface area contributed by atoms with Crippen molar-refractivity contribution >= 4 is 50.1 Å². The van der Waals surface area contributed by atoms with Gasteiger partial charge in [-0.15, -0.1) is 5.10 Å². The van der Waals surface area contributed by atoms with E-state index in [1.165, 1.54) is 28.6 Å². The molecule has 0 radical (unpaired) electrons. The van der Waals surface area contributed by atoms with E-state index in [0.29, 0.717) is 36.5 Å². The number of ketones is 2. The molecular weight excluding hydrogens is 715 g/mol. The van der Waals surface area contributed by atoms with Gasteiger partial charge in [0.2, 0.25) is 33.5 Å². The second-order valence-electron chi connectivity index (χ2n) is 16.0. The molecule has 1 aromatic carbocycles. The van der Waals surface area contributed by atoms with Crippen LogP contribution in [0.25, 0.3) is 10.8 Å². The van der Waals surface area contributed by atoms with Gasteiger partial charge in [-0.05, 0) is 75.3 Å². The van der Waals surface area contributed by atoms with Gasteiger partial charge in [0.25, 0.3) is 11.5 Å². The zero-order valence-electron chi connectivity index (χ0n) is 31.7. The molecule has 15 heteroatoms. The number of carbonyl (C=O) groups excluding carboxylic acids is 5. The van der Waals surface area contributed by atoms with Crippen molar-refractivity contribution < 1.29 is 37.1 Å². The number of ether oxygens (including phenoxy) is 1. The molecular formula is C39H51N5O9S. The Balaban J connectivity index is 1.37. The highest BCUT2D eigenvalue weighted by Gasteiger charge is 2.61. The lowest BCUT2D eigenvalue weighted by molar-refractivity contribution is -0.148. The largest absolute Gasteiger partial charge is 0.471 e. The standard InChI is InChI=1S/C39H51N5O9S/c1-6-44-36(48)29-14-10-9-13-28(29)34(40-44)53-26-18-31-33(46)21-39(38(50)41-54(51,52)27-15-16-27)20-25(39)12-8-7-11-23(2)17-24(3)30(35(47)43(31)22-26)19-32(45)37(49)42(4)5/h8-10,12-14,23-27,30-31H,6-7,11,15-22H2,1-5H3,(H,41,50)/b12-8-/t23-,24-,25-,26-,30+,31+,39-/m1/s1. The van der Waals surface area contributed by atoms with Crippen LogP contribution in [0.4, 0.5) is 0 Å². The van der Waals surface area contributed by atoms with Crippen molar-refractivity contribution in [2.75, 3.05) is 20.6 Å². The number of aryl methyl sites for hydroxylation is 1. The molecule has 3 heterocycles. The van der Waals surface area contributed by atoms with Crippen LogP contribution < -0.4 is 15.0 Å². The number of amides is 3. The molecule has 3 fully saturated rings. The van der Waals surface area contributed by atoms with Crippen LogP contribution in [0, 0.1) is 29.1 Å². The van der Waals surface area contributed by atoms with Gasteiger partial charge < -0.3 is 14.5 Å². The Hall–Kier alpha value is -4.40. The molecule has 1 aromatic heterocycles. The Kier molecular flexibility index (Phi) is 11.2. The lowest BCUT2D eigenvalue weighted by Crippen LogP contribution is -2.48. The number of rotatable bonds is 9. The first kappa shape index (κ1) is 39.3. The minimum absolute atomic E-state index is 0.0342. The maximum Gasteiger partial charge on any atom is 0.289 e. The summed E-state index contributed by atoms with van der Waals surface area (Å²) in [5.41, 5.74) is -1.59. The highest BCUT2D eigenvalue weighted by Crippen LogP contribution is 2.57. The number of likely N-dealkylation sites (N-methyl/N-ethyl adjacent to an activating group) is 1. The molecule has 2 aromatic rings. The highest BCUT2D eigenvalue weighted by atomic mass is 32.2. The molecule has 0 spiro atoms. The molecule has 3 amide bonds. The Morgan fingerprint density at radius 2 is 1.74 bits per heavy atom. The first-order valence-corrected chi connectivity index (χ1v) is 20.6. The number of benzene rings is 1. The molecule has 2 aliphatic heterocycles. The molecule has 2 saturated carbocycles. The fourth-order valence-electron chi connectivity index (χ4n) is 8.19. The van der Waals surface area contributed by atoms with E-state index in [-0.39, 0.29) is 68.0 Å². The quantitative estimate of drug-likeness (QED) is 0.294. The van der Waals surface area contributed by atoms with Gasteiger partial charge in [-0.25, -0.2) is 13.1 Å². The van der Waals surface area contributed by atoms with Crippen LogP contribution in [0.5, 0.6) is 5.88 Å². The molecule has 4 aliphatic rings. The summed E-state index contributed by atoms with van der Waals surface area (Å²) in [6.07, 6.45) is 5.76. The van der Waals surface area contributed by atoms with E-state index in [1.807, 2.05) is 19.1 Å². The van der Waals surface area contributed by atoms with E-state index < -0.39 is 68.0 Å². The molecule has 2 aliphatic carbocycles. The molecule has 1 saturated heterocycles. The van der Waals surface area contributed by atoms with Crippen molar-refractivity contribution in [3.63, 3.8) is 0 Å². The van der Waals surface area contributed by atoms with Crippen LogP contribution >= 0.6 is 0 Å². The summed E-state index contributed by atoms with van der Waals surface area (Å²) in [4.78, 5) is 84.8. The lowest BCUT2D eigenvalue weighted by atomic mass is 9.81. The Bertz CT molecular complexity index is 2040. The maximum absolute atomic E-state index is 14.8. The second-order valence-corrected chi connectivity index (χ2v) is 18.0. The topological polar surface area (TPSA) is 182 Å². The fraction of sp³-hybridized carbons (Fsp3) is 0.615. The Morgan fingerprint density at radius 3 is 2.41 bits per heavy atom. The van der Waals surface area contributed by atoms with Crippen LogP contribution in [0.1, 0.15) is 78.6 Å². The smallest absolute Gasteiger partial charge is 0.289 e. The van der Waals surface area contributed by atoms with Gasteiger partial charge in [-0.1, -0.05) is 38.1 Å². The minimum atomic E-state index is -3.89. The van der Waals surface area contributed by atoms with E-state index >= 15 is 0 Å². The summed E-state index contributed by atoms with van der Waals surface area (Å²) in [7, 11) is -0.940. The first-order valence-electron chi connectivity index (χ1n) is 19.0. The SMILES string of the molecule is CCn1nc(O[C@@H]2C[C@H]3C(=O)C[C@]4(C(=O)NS(=O)(=O)C5CC5)C[C@H]4/C=C\CC[C@@H](C)C[C@@H](C)[C@H](CC(=O)C(=O)N(C)C)C(=O)N3C2)c2ccccc2c1=O. The molecule has 6 rings (SSSR count). The predicted molar refractivity (Wildman–Crippen MR) is 200 cm³/mol. The van der Waals surface area contributed by atoms with E-state index in [4.69, 9.17) is 4.74 Å². The number of hydrogen-bond acceptors (Lipinski definition) is 10. The van der Waals surface area contributed by atoms with Crippen molar-refractivity contribution in [3.8, 4) is 5.88 Å². The van der Waals surface area contributed by atoms with Crippen LogP contribution in [0.15, 0.2) is 41.2 Å². The molecule has 0 unspecified atom stereocenters. The number of allylic oxidation sites excluding steroid dienone is 2. The van der Waals surface area contributed by atoms with E-state index in [2.05, 4.69) is 16.7 Å². The van der Waals surface area contributed by atoms with Gasteiger partial charge in [0, 0.05) is 45.8 Å². The number of nitrogens with one attached hydrogen (secondary N) is 1. The van der Waals surface area contributed by atoms with E-state index in [9.17, 15) is 37.2 Å². The first-order chi connectivity index (χ1) is 25.6.